The molecule has 0 aliphatic carbocycles. The zero-order chi connectivity index (χ0) is 8.97. The lowest BCUT2D eigenvalue weighted by molar-refractivity contribution is 0.148. The van der Waals surface area contributed by atoms with E-state index in [0.29, 0.717) is 0 Å². The third-order valence-corrected chi connectivity index (χ3v) is 2.78. The highest BCUT2D eigenvalue weighted by atomic mass is 15.2. The highest BCUT2D eigenvalue weighted by Crippen LogP contribution is 2.15. The standard InChI is InChI=1S/C10H22N2/c1-10-6-4-5-7-12(10)9-8-11(2)3/h10H,4-9H2,1-3H3. The quantitative estimate of drug-likeness (QED) is 0.632. The number of hydrogen-bond acceptors (Lipinski definition) is 2. The maximum atomic E-state index is 2.61. The fourth-order valence-electron chi connectivity index (χ4n) is 1.82. The van der Waals surface area contributed by atoms with Crippen LogP contribution in [-0.2, 0) is 0 Å². The van der Waals surface area contributed by atoms with Crippen molar-refractivity contribution in [3.8, 4) is 0 Å². The van der Waals surface area contributed by atoms with E-state index in [-0.39, 0.29) is 0 Å². The van der Waals surface area contributed by atoms with Gasteiger partial charge >= 0.3 is 0 Å². The molecule has 1 fully saturated rings. The fraction of sp³-hybridized carbons (Fsp3) is 1.00. The van der Waals surface area contributed by atoms with Gasteiger partial charge in [-0.3, -0.25) is 4.90 Å². The van der Waals surface area contributed by atoms with Gasteiger partial charge in [0.15, 0.2) is 0 Å². The lowest BCUT2D eigenvalue weighted by Crippen LogP contribution is -2.41. The molecule has 72 valence electrons. The second-order valence-electron chi connectivity index (χ2n) is 4.18. The van der Waals surface area contributed by atoms with Gasteiger partial charge in [0.1, 0.15) is 0 Å². The van der Waals surface area contributed by atoms with Crippen LogP contribution < -0.4 is 0 Å². The van der Waals surface area contributed by atoms with Crippen molar-refractivity contribution in [2.75, 3.05) is 33.7 Å². The summed E-state index contributed by atoms with van der Waals surface area (Å²) in [7, 11) is 4.29. The Hall–Kier alpha value is -0.0800. The van der Waals surface area contributed by atoms with E-state index in [1.54, 1.807) is 0 Å². The number of hydrogen-bond donors (Lipinski definition) is 0. The molecule has 0 bridgehead atoms. The first-order valence-electron chi connectivity index (χ1n) is 5.09. The smallest absolute Gasteiger partial charge is 0.0112 e. The second-order valence-corrected chi connectivity index (χ2v) is 4.18. The van der Waals surface area contributed by atoms with Crippen LogP contribution >= 0.6 is 0 Å². The molecule has 0 aromatic carbocycles. The molecule has 0 amide bonds. The molecule has 1 atom stereocenters. The minimum atomic E-state index is 0.818. The van der Waals surface area contributed by atoms with Gasteiger partial charge in [-0.05, 0) is 40.4 Å². The van der Waals surface area contributed by atoms with E-state index in [4.69, 9.17) is 0 Å². The summed E-state index contributed by atoms with van der Waals surface area (Å²) >= 11 is 0. The Balaban J connectivity index is 2.20. The van der Waals surface area contributed by atoms with Crippen LogP contribution in [0.25, 0.3) is 0 Å². The molecular formula is C10H22N2. The van der Waals surface area contributed by atoms with Gasteiger partial charge in [0.25, 0.3) is 0 Å². The van der Waals surface area contributed by atoms with Crippen molar-refractivity contribution < 1.29 is 0 Å². The largest absolute Gasteiger partial charge is 0.308 e. The van der Waals surface area contributed by atoms with E-state index in [2.05, 4.69) is 30.8 Å². The topological polar surface area (TPSA) is 6.48 Å². The lowest BCUT2D eigenvalue weighted by atomic mass is 10.0. The molecule has 2 nitrogen and oxygen atoms in total. The predicted molar refractivity (Wildman–Crippen MR) is 53.4 cm³/mol. The maximum absolute atomic E-state index is 2.61. The first-order chi connectivity index (χ1) is 5.70. The van der Waals surface area contributed by atoms with E-state index in [0.717, 1.165) is 6.04 Å². The summed E-state index contributed by atoms with van der Waals surface area (Å²) in [5, 5.41) is 0. The Labute approximate surface area is 76.5 Å². The molecule has 12 heavy (non-hydrogen) atoms. The van der Waals surface area contributed by atoms with Gasteiger partial charge in [-0.2, -0.15) is 0 Å². The normalized spacial score (nSPS) is 26.5. The zero-order valence-corrected chi connectivity index (χ0v) is 8.71. The summed E-state index contributed by atoms with van der Waals surface area (Å²) in [6.45, 7) is 6.11. The van der Waals surface area contributed by atoms with Crippen molar-refractivity contribution in [2.24, 2.45) is 0 Å². The number of likely N-dealkylation sites (tertiary alicyclic amines) is 1. The molecule has 0 spiro atoms. The number of nitrogens with zero attached hydrogens (tertiary/aromatic N) is 2. The summed E-state index contributed by atoms with van der Waals surface area (Å²) in [6, 6.07) is 0.818. The van der Waals surface area contributed by atoms with Crippen LogP contribution in [0.15, 0.2) is 0 Å². The summed E-state index contributed by atoms with van der Waals surface area (Å²) in [5.41, 5.74) is 0. The molecule has 2 heteroatoms. The summed E-state index contributed by atoms with van der Waals surface area (Å²) < 4.78 is 0. The summed E-state index contributed by atoms with van der Waals surface area (Å²) in [5.74, 6) is 0. The van der Waals surface area contributed by atoms with Crippen LogP contribution in [0.5, 0.6) is 0 Å². The van der Waals surface area contributed by atoms with Gasteiger partial charge in [-0.1, -0.05) is 6.42 Å². The minimum Gasteiger partial charge on any atom is -0.308 e. The molecule has 0 aromatic heterocycles. The highest BCUT2D eigenvalue weighted by molar-refractivity contribution is 4.73. The Morgan fingerprint density at radius 1 is 1.33 bits per heavy atom. The second kappa shape index (κ2) is 4.83. The predicted octanol–water partition coefficient (Wildman–Crippen LogP) is 1.42. The number of rotatable bonds is 3. The lowest BCUT2D eigenvalue weighted by Gasteiger charge is -2.33. The van der Waals surface area contributed by atoms with Crippen molar-refractivity contribution in [1.29, 1.82) is 0 Å². The van der Waals surface area contributed by atoms with Crippen LogP contribution in [0, 0.1) is 0 Å². The van der Waals surface area contributed by atoms with Crippen molar-refractivity contribution in [1.82, 2.24) is 9.80 Å². The van der Waals surface area contributed by atoms with Crippen molar-refractivity contribution in [3.05, 3.63) is 0 Å². The molecule has 0 saturated carbocycles. The van der Waals surface area contributed by atoms with Gasteiger partial charge in [-0.15, -0.1) is 0 Å². The molecule has 1 aliphatic rings. The van der Waals surface area contributed by atoms with Crippen LogP contribution in [0.3, 0.4) is 0 Å². The van der Waals surface area contributed by atoms with E-state index in [1.807, 2.05) is 0 Å². The average molecular weight is 170 g/mol. The van der Waals surface area contributed by atoms with Crippen LogP contribution in [-0.4, -0.2) is 49.6 Å². The van der Waals surface area contributed by atoms with Crippen molar-refractivity contribution >= 4 is 0 Å². The van der Waals surface area contributed by atoms with Crippen LogP contribution in [0.4, 0.5) is 0 Å². The van der Waals surface area contributed by atoms with E-state index < -0.39 is 0 Å². The molecule has 1 heterocycles. The first-order valence-corrected chi connectivity index (χ1v) is 5.09. The van der Waals surface area contributed by atoms with Crippen LogP contribution in [0.1, 0.15) is 26.2 Å². The molecule has 0 N–H and O–H groups in total. The molecule has 1 aliphatic heterocycles. The summed E-state index contributed by atoms with van der Waals surface area (Å²) in [6.07, 6.45) is 4.23. The SMILES string of the molecule is CC1CCCCN1CCN(C)C. The van der Waals surface area contributed by atoms with Gasteiger partial charge in [0, 0.05) is 19.1 Å². The maximum Gasteiger partial charge on any atom is 0.0112 e. The van der Waals surface area contributed by atoms with Gasteiger partial charge in [0.05, 0.1) is 0 Å². The molecule has 0 aromatic rings. The number of piperidine rings is 1. The van der Waals surface area contributed by atoms with Gasteiger partial charge < -0.3 is 4.90 Å². The first kappa shape index (κ1) is 10.0. The molecule has 1 saturated heterocycles. The minimum absolute atomic E-state index is 0.818. The monoisotopic (exact) mass is 170 g/mol. The molecule has 0 radical (unpaired) electrons. The Morgan fingerprint density at radius 3 is 2.67 bits per heavy atom. The Morgan fingerprint density at radius 2 is 2.08 bits per heavy atom. The third-order valence-electron chi connectivity index (χ3n) is 2.78. The molecule has 1 rings (SSSR count). The Bertz CT molecular complexity index is 123. The highest BCUT2D eigenvalue weighted by Gasteiger charge is 2.17. The van der Waals surface area contributed by atoms with E-state index >= 15 is 0 Å². The average Bonchev–Trinajstić information content (AvgIpc) is 2.03. The number of likely N-dealkylation sites (N-methyl/N-ethyl adjacent to an activating group) is 1. The summed E-state index contributed by atoms with van der Waals surface area (Å²) in [4.78, 5) is 4.88. The van der Waals surface area contributed by atoms with Crippen molar-refractivity contribution in [2.45, 2.75) is 32.2 Å². The van der Waals surface area contributed by atoms with Crippen LogP contribution in [0.2, 0.25) is 0 Å². The van der Waals surface area contributed by atoms with Crippen molar-refractivity contribution in [3.63, 3.8) is 0 Å². The van der Waals surface area contributed by atoms with Gasteiger partial charge in [0.2, 0.25) is 0 Å². The molecular weight excluding hydrogens is 148 g/mol. The Kier molecular flexibility index (Phi) is 4.02. The third kappa shape index (κ3) is 3.11. The van der Waals surface area contributed by atoms with Gasteiger partial charge in [-0.25, -0.2) is 0 Å². The van der Waals surface area contributed by atoms with E-state index in [1.165, 1.54) is 38.9 Å². The zero-order valence-electron chi connectivity index (χ0n) is 8.71. The molecule has 1 unspecified atom stereocenters. The van der Waals surface area contributed by atoms with E-state index in [9.17, 15) is 0 Å². The fourth-order valence-corrected chi connectivity index (χ4v) is 1.82.